The normalized spacial score (nSPS) is 11.3. The van der Waals surface area contributed by atoms with Crippen LogP contribution in [0.2, 0.25) is 0 Å². The summed E-state index contributed by atoms with van der Waals surface area (Å²) in [5.74, 6) is -3.67. The Labute approximate surface area is 833 Å². The highest BCUT2D eigenvalue weighted by Gasteiger charge is 2.29. The number of benzene rings is 24. The van der Waals surface area contributed by atoms with Crippen molar-refractivity contribution >= 4 is 139 Å². The number of halogens is 10. The van der Waals surface area contributed by atoms with Crippen LogP contribution in [0.5, 0.6) is 0 Å². The lowest BCUT2D eigenvalue weighted by molar-refractivity contribution is 0.627. The van der Waals surface area contributed by atoms with Gasteiger partial charge in [-0.15, -0.1) is 0 Å². The lowest BCUT2D eigenvalue weighted by Gasteiger charge is -2.30. The molecule has 0 aliphatic rings. The molecule has 24 aromatic rings. The first kappa shape index (κ1) is 90.7. The van der Waals surface area contributed by atoms with Crippen LogP contribution < -0.4 is 19.6 Å². The summed E-state index contributed by atoms with van der Waals surface area (Å²) in [5.41, 5.74) is 22.9. The number of rotatable bonds is 20. The molecule has 0 amide bonds. The van der Waals surface area contributed by atoms with Crippen LogP contribution in [-0.4, -0.2) is 0 Å². The summed E-state index contributed by atoms with van der Waals surface area (Å²) in [6.07, 6.45) is 0. The van der Waals surface area contributed by atoms with Crippen molar-refractivity contribution in [1.82, 2.24) is 0 Å². The summed E-state index contributed by atoms with van der Waals surface area (Å²) in [4.78, 5) is 12.2. The van der Waals surface area contributed by atoms with E-state index < -0.39 is 11.6 Å². The SMILES string of the molecule is Fc1ccc(-c2cc(-c3ccc(F)cc3)cc(N(c3ccc(F)cc3)c3ccc4ccc5c(N(c6ccc(F)cc6)c6cc(-c7ccc(F)cc7)cc(-c7ccc(F)cc7)c6)ccc6ccc3c4c65)c2)cc1.[C-]#[N+]c1ccc(N(c2cc(-c3ccc(F)cc3)cc(-c3ccc(F)cc3)c2)c2ccc3ccc4c(N(c5ccc(C#N)cc5)c5cc(-c6ccc(F)cc6)cc(-c6ccc(F)cc6)c5)ccc5ccc2c3c54)cc1. The lowest BCUT2D eigenvalue weighted by atomic mass is 9.91. The minimum absolute atomic E-state index is 0.352. The highest BCUT2D eigenvalue weighted by atomic mass is 19.2. The van der Waals surface area contributed by atoms with E-state index >= 15 is 0 Å². The Morgan fingerprint density at radius 3 is 0.514 bits per heavy atom. The van der Waals surface area contributed by atoms with Crippen molar-refractivity contribution in [2.75, 3.05) is 19.6 Å². The molecule has 0 aliphatic heterocycles. The summed E-state index contributed by atoms with van der Waals surface area (Å²) in [5, 5.41) is 21.5. The molecule has 24 aromatic carbocycles. The first-order valence-corrected chi connectivity index (χ1v) is 47.1. The van der Waals surface area contributed by atoms with Crippen molar-refractivity contribution < 1.29 is 43.9 Å². The topological polar surface area (TPSA) is 41.1 Å². The van der Waals surface area contributed by atoms with Crippen molar-refractivity contribution in [3.05, 3.63) is 536 Å². The first-order valence-electron chi connectivity index (χ1n) is 47.1. The summed E-state index contributed by atoms with van der Waals surface area (Å²) < 4.78 is 144. The van der Waals surface area contributed by atoms with Gasteiger partial charge in [0, 0.05) is 67.0 Å². The number of nitrogens with zero attached hydrogens (tertiary/aromatic N) is 6. The Morgan fingerprint density at radius 2 is 0.336 bits per heavy atom. The number of anilines is 12. The van der Waals surface area contributed by atoms with Crippen LogP contribution in [0.4, 0.5) is 118 Å². The number of hydrogen-bond donors (Lipinski definition) is 0. The molecule has 0 heterocycles. The summed E-state index contributed by atoms with van der Waals surface area (Å²) >= 11 is 0. The van der Waals surface area contributed by atoms with Crippen molar-refractivity contribution in [2.24, 2.45) is 0 Å². The average Bonchev–Trinajstić information content (AvgIpc) is 0.719. The minimum atomic E-state index is -0.396. The molecule has 696 valence electrons. The first-order chi connectivity index (χ1) is 71.3. The van der Waals surface area contributed by atoms with E-state index in [9.17, 15) is 49.2 Å². The molecule has 0 N–H and O–H groups in total. The molecule has 6 nitrogen and oxygen atoms in total. The van der Waals surface area contributed by atoms with Gasteiger partial charge in [-0.05, 0) is 411 Å². The molecule has 0 atom stereocenters. The fourth-order valence-corrected chi connectivity index (χ4v) is 20.0. The molecule has 24 rings (SSSR count). The Morgan fingerprint density at radius 1 is 0.171 bits per heavy atom. The molecule has 146 heavy (non-hydrogen) atoms. The predicted molar refractivity (Wildman–Crippen MR) is 573 cm³/mol. The summed E-state index contributed by atoms with van der Waals surface area (Å²) in [6.45, 7) is 7.76. The highest BCUT2D eigenvalue weighted by Crippen LogP contribution is 2.54. The van der Waals surface area contributed by atoms with Gasteiger partial charge >= 0.3 is 0 Å². The maximum absolute atomic E-state index is 14.8. The summed E-state index contributed by atoms with van der Waals surface area (Å²) in [6, 6.07) is 138. The second-order valence-corrected chi connectivity index (χ2v) is 35.9. The molecule has 0 saturated heterocycles. The van der Waals surface area contributed by atoms with Gasteiger partial charge < -0.3 is 19.6 Å². The van der Waals surface area contributed by atoms with Crippen LogP contribution in [0, 0.1) is 76.1 Å². The van der Waals surface area contributed by atoms with Crippen molar-refractivity contribution in [2.45, 2.75) is 0 Å². The minimum Gasteiger partial charge on any atom is -0.310 e. The molecule has 16 heteroatoms. The zero-order valence-corrected chi connectivity index (χ0v) is 77.3. The maximum Gasteiger partial charge on any atom is 0.187 e. The van der Waals surface area contributed by atoms with Gasteiger partial charge in [-0.2, -0.15) is 5.26 Å². The maximum atomic E-state index is 14.8. The molecule has 0 bridgehead atoms. The van der Waals surface area contributed by atoms with E-state index in [-0.39, 0.29) is 46.5 Å². The molecule has 0 radical (unpaired) electrons. The van der Waals surface area contributed by atoms with Crippen LogP contribution in [0.15, 0.2) is 461 Å². The summed E-state index contributed by atoms with van der Waals surface area (Å²) in [7, 11) is 0. The van der Waals surface area contributed by atoms with Gasteiger partial charge in [0.2, 0.25) is 0 Å². The van der Waals surface area contributed by atoms with Crippen molar-refractivity contribution in [3.8, 4) is 95.1 Å². The van der Waals surface area contributed by atoms with Crippen LogP contribution in [0.25, 0.3) is 158 Å². The van der Waals surface area contributed by atoms with Crippen molar-refractivity contribution in [1.29, 1.82) is 5.26 Å². The molecule has 0 aromatic heterocycles. The van der Waals surface area contributed by atoms with Crippen LogP contribution >= 0.6 is 0 Å². The predicted octanol–water partition coefficient (Wildman–Crippen LogP) is 38.2. The van der Waals surface area contributed by atoms with Gasteiger partial charge in [-0.25, -0.2) is 48.7 Å². The molecular formula is C130H76F10N6. The zero-order chi connectivity index (χ0) is 99.5. The molecule has 0 unspecified atom stereocenters. The fourth-order valence-electron chi connectivity index (χ4n) is 20.0. The van der Waals surface area contributed by atoms with E-state index in [1.807, 2.05) is 72.8 Å². The fraction of sp³-hybridized carbons (Fsp3) is 0. The largest absolute Gasteiger partial charge is 0.310 e. The van der Waals surface area contributed by atoms with E-state index in [2.05, 4.69) is 152 Å². The third-order valence-electron chi connectivity index (χ3n) is 27.0. The van der Waals surface area contributed by atoms with Gasteiger partial charge in [0.05, 0.1) is 41.0 Å². The van der Waals surface area contributed by atoms with Gasteiger partial charge in [-0.3, -0.25) is 0 Å². The molecule has 0 fully saturated rings. The van der Waals surface area contributed by atoms with E-state index in [1.165, 1.54) is 121 Å². The third kappa shape index (κ3) is 17.7. The Balaban J connectivity index is 0.000000161. The van der Waals surface area contributed by atoms with Gasteiger partial charge in [0.25, 0.3) is 0 Å². The van der Waals surface area contributed by atoms with E-state index in [0.29, 0.717) is 22.6 Å². The average molecular weight is 1910 g/mol. The Kier molecular flexibility index (Phi) is 23.7. The van der Waals surface area contributed by atoms with Crippen LogP contribution in [-0.2, 0) is 0 Å². The molecule has 0 saturated carbocycles. The van der Waals surface area contributed by atoms with Gasteiger partial charge in [0.15, 0.2) is 5.69 Å². The molecule has 0 spiro atoms. The second kappa shape index (κ2) is 38.1. The van der Waals surface area contributed by atoms with Gasteiger partial charge in [0.1, 0.15) is 58.2 Å². The van der Waals surface area contributed by atoms with E-state index in [4.69, 9.17) is 6.57 Å². The van der Waals surface area contributed by atoms with Gasteiger partial charge in [-0.1, -0.05) is 182 Å². The lowest BCUT2D eigenvalue weighted by Crippen LogP contribution is -2.12. The molecule has 0 aliphatic carbocycles. The third-order valence-corrected chi connectivity index (χ3v) is 27.0. The Bertz CT molecular complexity index is 8400. The standard InChI is InChI=1S/C66H38F4N4.C64H38F6N2/c1-72-56-24-28-58(29-25-56)74(60-38-50(44-8-20-54(69)21-9-44)35-51(39-60)45-10-22-55(70)23-11-45)64-33-15-47-12-30-61-63(32-14-46-13-31-62(64)66(47)65(46)61)73(57-26-2-41(40-71)3-27-57)59-36-48(42-4-16-52(67)17-5-42)34-49(37-59)43-6-18-53(68)19-7-43;65-49-13-1-39(2-14-49)45-33-46(40-3-15-50(66)16-4-40)36-57(35-45)71(55-25-21-53(69)22-26-55)61-31-11-43-10-30-60-62(32-12-44-9-29-59(61)63(43)64(44)60)72(56-27-23-54(70)24-28-56)58-37-47(41-5-17-51(67)18-6-41)34-48(38-58)42-7-19-52(68)20-8-42/h2-39H;1-38H. The van der Waals surface area contributed by atoms with Crippen LogP contribution in [0.1, 0.15) is 5.56 Å². The monoisotopic (exact) mass is 1910 g/mol. The Hall–Kier alpha value is -19.2. The van der Waals surface area contributed by atoms with E-state index in [1.54, 1.807) is 146 Å². The molecular weight excluding hydrogens is 1840 g/mol. The van der Waals surface area contributed by atoms with E-state index in [0.717, 1.165) is 211 Å². The number of nitriles is 1. The number of hydrogen-bond acceptors (Lipinski definition) is 5. The highest BCUT2D eigenvalue weighted by molar-refractivity contribution is 6.30. The smallest absolute Gasteiger partial charge is 0.187 e. The quantitative estimate of drug-likeness (QED) is 0.0432. The second-order valence-electron chi connectivity index (χ2n) is 35.9. The zero-order valence-electron chi connectivity index (χ0n) is 77.3. The van der Waals surface area contributed by atoms with Crippen LogP contribution in [0.3, 0.4) is 0 Å². The van der Waals surface area contributed by atoms with Crippen molar-refractivity contribution in [3.63, 3.8) is 0 Å².